The number of hydrogen-bond acceptors (Lipinski definition) is 6. The normalized spacial score (nSPS) is 13.5. The Kier molecular flexibility index (Phi) is 11.6. The Hall–Kier alpha value is -2.38. The summed E-state index contributed by atoms with van der Waals surface area (Å²) in [5.41, 5.74) is 2.46. The molecule has 0 saturated carbocycles. The summed E-state index contributed by atoms with van der Waals surface area (Å²) in [7, 11) is 0. The van der Waals surface area contributed by atoms with Crippen molar-refractivity contribution >= 4 is 11.4 Å². The average Bonchev–Trinajstić information content (AvgIpc) is 3.49. The van der Waals surface area contributed by atoms with E-state index in [9.17, 15) is 0 Å². The highest BCUT2D eigenvalue weighted by Crippen LogP contribution is 2.16. The third-order valence-corrected chi connectivity index (χ3v) is 5.35. The summed E-state index contributed by atoms with van der Waals surface area (Å²) >= 11 is 0. The lowest BCUT2D eigenvalue weighted by molar-refractivity contribution is 0.549. The first kappa shape index (κ1) is 28.7. The maximum absolute atomic E-state index is 4.14. The van der Waals surface area contributed by atoms with Gasteiger partial charge in [-0.1, -0.05) is 55.4 Å². The molecular weight excluding hydrogens is 412 g/mol. The Balaban J connectivity index is 0.000000247. The lowest BCUT2D eigenvalue weighted by Gasteiger charge is -2.11. The van der Waals surface area contributed by atoms with Gasteiger partial charge >= 0.3 is 0 Å². The minimum absolute atomic E-state index is 0.458. The largest absolute Gasteiger partial charge is 0.315 e. The maximum atomic E-state index is 4.14. The molecule has 0 saturated heterocycles. The minimum Gasteiger partial charge on any atom is -0.315 e. The van der Waals surface area contributed by atoms with E-state index in [0.29, 0.717) is 35.8 Å². The van der Waals surface area contributed by atoms with Crippen LogP contribution in [0.3, 0.4) is 0 Å². The number of nitrogens with zero attached hydrogens (tertiary/aromatic N) is 8. The van der Waals surface area contributed by atoms with Crippen molar-refractivity contribution in [1.29, 1.82) is 0 Å². The number of aromatic nitrogens is 6. The van der Waals surface area contributed by atoms with Crippen molar-refractivity contribution < 1.29 is 0 Å². The Morgan fingerprint density at radius 1 is 0.545 bits per heavy atom. The molecule has 186 valence electrons. The molecule has 1 aliphatic heterocycles. The average molecular weight is 459 g/mol. The van der Waals surface area contributed by atoms with Gasteiger partial charge in [-0.05, 0) is 39.5 Å². The second-order valence-corrected chi connectivity index (χ2v) is 10.4. The van der Waals surface area contributed by atoms with Gasteiger partial charge in [-0.2, -0.15) is 10.2 Å². The number of rotatable bonds is 6. The SMILES string of the molecule is CC(C)C1=NN=C(C(C)C)C1.CC(C)c1nncn1C(C)C.CC(C)c1nncn1C(C)C. The summed E-state index contributed by atoms with van der Waals surface area (Å²) in [6, 6.07) is 0.921. The topological polar surface area (TPSA) is 86.1 Å². The second kappa shape index (κ2) is 13.4. The quantitative estimate of drug-likeness (QED) is 0.497. The minimum atomic E-state index is 0.458. The summed E-state index contributed by atoms with van der Waals surface area (Å²) in [4.78, 5) is 0. The van der Waals surface area contributed by atoms with Gasteiger partial charge in [0.2, 0.25) is 0 Å². The van der Waals surface area contributed by atoms with E-state index < -0.39 is 0 Å². The molecule has 0 unspecified atom stereocenters. The smallest absolute Gasteiger partial charge is 0.135 e. The molecule has 0 bridgehead atoms. The zero-order chi connectivity index (χ0) is 25.3. The van der Waals surface area contributed by atoms with Gasteiger partial charge in [0, 0.05) is 41.8 Å². The van der Waals surface area contributed by atoms with Gasteiger partial charge in [-0.15, -0.1) is 20.4 Å². The lowest BCUT2D eigenvalue weighted by atomic mass is 9.98. The molecule has 0 amide bonds. The first-order valence-corrected chi connectivity index (χ1v) is 12.3. The van der Waals surface area contributed by atoms with Crippen LogP contribution in [0, 0.1) is 11.8 Å². The van der Waals surface area contributed by atoms with Crippen LogP contribution in [0.1, 0.15) is 125 Å². The zero-order valence-electron chi connectivity index (χ0n) is 22.9. The molecule has 0 N–H and O–H groups in total. The first-order chi connectivity index (χ1) is 15.4. The standard InChI is InChI=1S/C9H16N2.2C8H15N3/c1-6(2)8-5-9(7(3)4)11-10-8;2*1-6(2)8-10-9-5-11(8)7(3)4/h6-7H,5H2,1-4H3;2*5-7H,1-4H3. The van der Waals surface area contributed by atoms with Crippen molar-refractivity contribution in [2.24, 2.45) is 22.0 Å². The molecule has 8 nitrogen and oxygen atoms in total. The molecule has 0 aromatic carbocycles. The van der Waals surface area contributed by atoms with Crippen LogP contribution in [0.2, 0.25) is 0 Å². The van der Waals surface area contributed by atoms with Crippen LogP contribution >= 0.6 is 0 Å². The van der Waals surface area contributed by atoms with Gasteiger partial charge in [0.1, 0.15) is 24.3 Å². The predicted octanol–water partition coefficient (Wildman–Crippen LogP) is 6.46. The van der Waals surface area contributed by atoms with E-state index in [0.717, 1.165) is 18.1 Å². The Bertz CT molecular complexity index is 765. The highest BCUT2D eigenvalue weighted by Gasteiger charge is 2.17. The molecule has 0 fully saturated rings. The van der Waals surface area contributed by atoms with Crippen LogP contribution < -0.4 is 0 Å². The number of hydrogen-bond donors (Lipinski definition) is 0. The molecule has 3 rings (SSSR count). The summed E-state index contributed by atoms with van der Waals surface area (Å²) in [6.45, 7) is 25.7. The molecule has 0 spiro atoms. The van der Waals surface area contributed by atoms with Crippen molar-refractivity contribution in [3.05, 3.63) is 24.3 Å². The fourth-order valence-corrected chi connectivity index (χ4v) is 3.15. The van der Waals surface area contributed by atoms with Crippen LogP contribution in [-0.4, -0.2) is 41.0 Å². The Labute approximate surface area is 201 Å². The Morgan fingerprint density at radius 2 is 0.879 bits per heavy atom. The molecule has 1 aliphatic rings. The van der Waals surface area contributed by atoms with Crippen molar-refractivity contribution in [3.63, 3.8) is 0 Å². The Morgan fingerprint density at radius 3 is 1.06 bits per heavy atom. The molecule has 33 heavy (non-hydrogen) atoms. The summed E-state index contributed by atoms with van der Waals surface area (Å²) in [6.07, 6.45) is 4.58. The van der Waals surface area contributed by atoms with E-state index in [1.54, 1.807) is 12.7 Å². The van der Waals surface area contributed by atoms with Gasteiger partial charge in [0.25, 0.3) is 0 Å². The highest BCUT2D eigenvalue weighted by molar-refractivity contribution is 6.08. The van der Waals surface area contributed by atoms with Crippen LogP contribution in [0.4, 0.5) is 0 Å². The fraction of sp³-hybridized carbons (Fsp3) is 0.760. The molecule has 0 radical (unpaired) electrons. The third-order valence-electron chi connectivity index (χ3n) is 5.35. The van der Waals surface area contributed by atoms with Crippen molar-refractivity contribution in [2.75, 3.05) is 0 Å². The van der Waals surface area contributed by atoms with Crippen molar-refractivity contribution in [3.8, 4) is 0 Å². The van der Waals surface area contributed by atoms with Crippen LogP contribution in [0.5, 0.6) is 0 Å². The molecule has 8 heteroatoms. The van der Waals surface area contributed by atoms with Gasteiger partial charge in [0.05, 0.1) is 0 Å². The molecule has 0 aliphatic carbocycles. The van der Waals surface area contributed by atoms with Gasteiger partial charge in [0.15, 0.2) is 0 Å². The van der Waals surface area contributed by atoms with Crippen LogP contribution in [0.15, 0.2) is 22.9 Å². The van der Waals surface area contributed by atoms with E-state index >= 15 is 0 Å². The van der Waals surface area contributed by atoms with Gasteiger partial charge < -0.3 is 9.13 Å². The van der Waals surface area contributed by atoms with E-state index in [1.165, 1.54) is 11.4 Å². The van der Waals surface area contributed by atoms with E-state index in [1.807, 2.05) is 0 Å². The summed E-state index contributed by atoms with van der Waals surface area (Å²) in [5, 5.41) is 24.1. The molecular formula is C25H46N8. The van der Waals surface area contributed by atoms with Crippen LogP contribution in [0.25, 0.3) is 0 Å². The van der Waals surface area contributed by atoms with Crippen molar-refractivity contribution in [2.45, 2.75) is 113 Å². The third kappa shape index (κ3) is 8.82. The molecule has 2 aromatic rings. The van der Waals surface area contributed by atoms with E-state index in [2.05, 4.69) is 123 Å². The van der Waals surface area contributed by atoms with E-state index in [4.69, 9.17) is 0 Å². The molecule has 3 heterocycles. The van der Waals surface area contributed by atoms with Crippen LogP contribution in [-0.2, 0) is 0 Å². The molecule has 2 aromatic heterocycles. The zero-order valence-corrected chi connectivity index (χ0v) is 22.9. The first-order valence-electron chi connectivity index (χ1n) is 12.3. The predicted molar refractivity (Wildman–Crippen MR) is 138 cm³/mol. The fourth-order valence-electron chi connectivity index (χ4n) is 3.15. The van der Waals surface area contributed by atoms with Gasteiger partial charge in [-0.3, -0.25) is 0 Å². The van der Waals surface area contributed by atoms with Gasteiger partial charge in [-0.25, -0.2) is 0 Å². The lowest BCUT2D eigenvalue weighted by Crippen LogP contribution is -2.12. The van der Waals surface area contributed by atoms with Crippen molar-refractivity contribution in [1.82, 2.24) is 29.5 Å². The molecule has 0 atom stereocenters. The summed E-state index contributed by atoms with van der Waals surface area (Å²) < 4.78 is 4.20. The monoisotopic (exact) mass is 458 g/mol. The highest BCUT2D eigenvalue weighted by atomic mass is 15.3. The van der Waals surface area contributed by atoms with E-state index in [-0.39, 0.29) is 0 Å². The second-order valence-electron chi connectivity index (χ2n) is 10.4. The summed E-state index contributed by atoms with van der Waals surface area (Å²) in [5.74, 6) is 4.16. The maximum Gasteiger partial charge on any atom is 0.135 e.